The van der Waals surface area contributed by atoms with E-state index in [2.05, 4.69) is 13.8 Å². The van der Waals surface area contributed by atoms with Gasteiger partial charge in [-0.1, -0.05) is 20.3 Å². The van der Waals surface area contributed by atoms with Crippen LogP contribution in [0.4, 0.5) is 4.39 Å². The van der Waals surface area contributed by atoms with Crippen LogP contribution in [0.3, 0.4) is 0 Å². The van der Waals surface area contributed by atoms with Crippen molar-refractivity contribution in [1.29, 1.82) is 0 Å². The summed E-state index contributed by atoms with van der Waals surface area (Å²) in [6.07, 6.45) is 2.08. The van der Waals surface area contributed by atoms with E-state index in [-0.39, 0.29) is 0 Å². The van der Waals surface area contributed by atoms with Gasteiger partial charge in [-0.05, 0) is 0 Å². The van der Waals surface area contributed by atoms with Crippen LogP contribution in [-0.2, 0) is 7.05 Å². The molecule has 0 saturated heterocycles. The third-order valence-corrected chi connectivity index (χ3v) is 1.06. The van der Waals surface area contributed by atoms with E-state index in [4.69, 9.17) is 0 Å². The Kier molecular flexibility index (Phi) is 4.72. The first-order valence-electron chi connectivity index (χ1n) is 3.98. The Bertz CT molecular complexity index is 336. The van der Waals surface area contributed by atoms with Gasteiger partial charge in [0.25, 0.3) is 5.56 Å². The van der Waals surface area contributed by atoms with Crippen LogP contribution in [0.25, 0.3) is 0 Å². The van der Waals surface area contributed by atoms with Crippen LogP contribution in [-0.4, -0.2) is 9.55 Å². The van der Waals surface area contributed by atoms with Gasteiger partial charge in [-0.2, -0.15) is 4.39 Å². The molecule has 1 N–H and O–H groups in total. The highest BCUT2D eigenvalue weighted by Gasteiger charge is 1.97. The SMILES string of the molecule is CCC.Cn1cc(F)c(=O)[nH]c1=O. The van der Waals surface area contributed by atoms with Gasteiger partial charge in [0.1, 0.15) is 0 Å². The summed E-state index contributed by atoms with van der Waals surface area (Å²) < 4.78 is 13.2. The number of aromatic nitrogens is 2. The van der Waals surface area contributed by atoms with Crippen LogP contribution in [0, 0.1) is 5.82 Å². The van der Waals surface area contributed by atoms with Crippen molar-refractivity contribution in [1.82, 2.24) is 9.55 Å². The van der Waals surface area contributed by atoms with Crippen LogP contribution in [0.1, 0.15) is 20.3 Å². The Hall–Kier alpha value is -1.39. The molecule has 0 aliphatic carbocycles. The predicted octanol–water partition coefficient (Wildman–Crippen LogP) is 0.629. The Morgan fingerprint density at radius 3 is 2.31 bits per heavy atom. The molecule has 1 aromatic rings. The number of nitrogens with zero attached hydrogens (tertiary/aromatic N) is 1. The molecule has 0 aromatic carbocycles. The molecule has 0 aliphatic heterocycles. The molecule has 5 heteroatoms. The number of nitrogens with one attached hydrogen (secondary N) is 1. The normalized spacial score (nSPS) is 8.92. The van der Waals surface area contributed by atoms with Gasteiger partial charge in [-0.25, -0.2) is 4.79 Å². The summed E-state index contributed by atoms with van der Waals surface area (Å²) in [6.45, 7) is 4.25. The Labute approximate surface area is 75.0 Å². The molecule has 74 valence electrons. The fourth-order valence-corrected chi connectivity index (χ4v) is 0.532. The van der Waals surface area contributed by atoms with E-state index < -0.39 is 17.1 Å². The molecule has 13 heavy (non-hydrogen) atoms. The number of aryl methyl sites for hydroxylation is 1. The monoisotopic (exact) mass is 188 g/mol. The van der Waals surface area contributed by atoms with Gasteiger partial charge in [-0.3, -0.25) is 9.78 Å². The molecule has 0 bridgehead atoms. The second-order valence-corrected chi connectivity index (χ2v) is 2.55. The van der Waals surface area contributed by atoms with E-state index in [9.17, 15) is 14.0 Å². The maximum absolute atomic E-state index is 12.3. The molecular formula is C8H13FN2O2. The van der Waals surface area contributed by atoms with Crippen molar-refractivity contribution >= 4 is 0 Å². The molecule has 1 aromatic heterocycles. The molecule has 0 aliphatic rings. The molecular weight excluding hydrogens is 175 g/mol. The topological polar surface area (TPSA) is 54.9 Å². The standard InChI is InChI=1S/C5H5FN2O2.C3H8/c1-8-2-3(6)4(9)7-5(8)10;1-3-2/h2H,1H3,(H,7,9,10);3H2,1-2H3. The van der Waals surface area contributed by atoms with Crippen LogP contribution in [0.5, 0.6) is 0 Å². The Morgan fingerprint density at radius 2 is 1.92 bits per heavy atom. The molecule has 1 heterocycles. The molecule has 1 rings (SSSR count). The Balaban J connectivity index is 0.000000424. The van der Waals surface area contributed by atoms with E-state index >= 15 is 0 Å². The molecule has 0 unspecified atom stereocenters. The number of halogens is 1. The zero-order chi connectivity index (χ0) is 10.4. The summed E-state index contributed by atoms with van der Waals surface area (Å²) in [6, 6.07) is 0. The fourth-order valence-electron chi connectivity index (χ4n) is 0.532. The fraction of sp³-hybridized carbons (Fsp3) is 0.500. The lowest BCUT2D eigenvalue weighted by Gasteiger charge is -1.92. The van der Waals surface area contributed by atoms with Crippen LogP contribution in [0.15, 0.2) is 15.8 Å². The molecule has 0 radical (unpaired) electrons. The van der Waals surface area contributed by atoms with E-state index in [1.165, 1.54) is 13.5 Å². The summed E-state index contributed by atoms with van der Waals surface area (Å²) in [5, 5.41) is 0. The van der Waals surface area contributed by atoms with Gasteiger partial charge in [0, 0.05) is 13.2 Å². The number of H-pyrrole nitrogens is 1. The molecule has 0 amide bonds. The lowest BCUT2D eigenvalue weighted by molar-refractivity contribution is 0.576. The minimum atomic E-state index is -0.983. The zero-order valence-electron chi connectivity index (χ0n) is 7.93. The first-order valence-corrected chi connectivity index (χ1v) is 3.98. The maximum Gasteiger partial charge on any atom is 0.328 e. The molecule has 0 spiro atoms. The van der Waals surface area contributed by atoms with Gasteiger partial charge in [-0.15, -0.1) is 0 Å². The molecule has 4 nitrogen and oxygen atoms in total. The summed E-state index contributed by atoms with van der Waals surface area (Å²) in [5.41, 5.74) is -1.60. The highest BCUT2D eigenvalue weighted by Crippen LogP contribution is 1.78. The summed E-state index contributed by atoms with van der Waals surface area (Å²) in [4.78, 5) is 22.7. The van der Waals surface area contributed by atoms with Gasteiger partial charge in [0.15, 0.2) is 0 Å². The third kappa shape index (κ3) is 3.68. The number of rotatable bonds is 0. The van der Waals surface area contributed by atoms with Crippen molar-refractivity contribution in [3.05, 3.63) is 32.9 Å². The van der Waals surface area contributed by atoms with Gasteiger partial charge < -0.3 is 4.57 Å². The summed E-state index contributed by atoms with van der Waals surface area (Å²) in [5.74, 6) is -0.956. The van der Waals surface area contributed by atoms with Crippen molar-refractivity contribution in [2.24, 2.45) is 7.05 Å². The number of hydrogen-bond acceptors (Lipinski definition) is 2. The van der Waals surface area contributed by atoms with Crippen molar-refractivity contribution in [2.75, 3.05) is 0 Å². The van der Waals surface area contributed by atoms with E-state index in [1.54, 1.807) is 4.98 Å². The van der Waals surface area contributed by atoms with E-state index in [1.807, 2.05) is 0 Å². The van der Waals surface area contributed by atoms with Crippen LogP contribution >= 0.6 is 0 Å². The van der Waals surface area contributed by atoms with Crippen molar-refractivity contribution in [3.8, 4) is 0 Å². The highest BCUT2D eigenvalue weighted by atomic mass is 19.1. The molecule has 0 atom stereocenters. The second-order valence-electron chi connectivity index (χ2n) is 2.55. The van der Waals surface area contributed by atoms with Crippen molar-refractivity contribution < 1.29 is 4.39 Å². The smallest absolute Gasteiger partial charge is 0.301 e. The quantitative estimate of drug-likeness (QED) is 0.649. The van der Waals surface area contributed by atoms with Crippen molar-refractivity contribution in [2.45, 2.75) is 20.3 Å². The first-order chi connectivity index (χ1) is 6.02. The van der Waals surface area contributed by atoms with E-state index in [0.29, 0.717) is 0 Å². The van der Waals surface area contributed by atoms with Gasteiger partial charge in [0.05, 0.1) is 0 Å². The first kappa shape index (κ1) is 11.6. The van der Waals surface area contributed by atoms with Crippen LogP contribution < -0.4 is 11.2 Å². The second kappa shape index (κ2) is 5.29. The third-order valence-electron chi connectivity index (χ3n) is 1.06. The highest BCUT2D eigenvalue weighted by molar-refractivity contribution is 4.85. The van der Waals surface area contributed by atoms with Gasteiger partial charge >= 0.3 is 5.69 Å². The van der Waals surface area contributed by atoms with E-state index in [0.717, 1.165) is 10.8 Å². The Morgan fingerprint density at radius 1 is 1.46 bits per heavy atom. The average Bonchev–Trinajstić information content (AvgIpc) is 2.03. The molecule has 0 saturated carbocycles. The minimum absolute atomic E-state index is 0.619. The number of aromatic amines is 1. The predicted molar refractivity (Wildman–Crippen MR) is 48.2 cm³/mol. The zero-order valence-corrected chi connectivity index (χ0v) is 7.93. The largest absolute Gasteiger partial charge is 0.328 e. The van der Waals surface area contributed by atoms with Crippen molar-refractivity contribution in [3.63, 3.8) is 0 Å². The average molecular weight is 188 g/mol. The summed E-state index contributed by atoms with van der Waals surface area (Å²) >= 11 is 0. The summed E-state index contributed by atoms with van der Waals surface area (Å²) in [7, 11) is 1.35. The molecule has 0 fully saturated rings. The van der Waals surface area contributed by atoms with Crippen LogP contribution in [0.2, 0.25) is 0 Å². The van der Waals surface area contributed by atoms with Gasteiger partial charge in [0.2, 0.25) is 5.82 Å². The maximum atomic E-state index is 12.3. The lowest BCUT2D eigenvalue weighted by Crippen LogP contribution is -2.29. The lowest BCUT2D eigenvalue weighted by atomic mass is 10.6. The minimum Gasteiger partial charge on any atom is -0.301 e. The number of hydrogen-bond donors (Lipinski definition) is 1.